The predicted octanol–water partition coefficient (Wildman–Crippen LogP) is 3.87. The number of ether oxygens (including phenoxy) is 2. The van der Waals surface area contributed by atoms with Gasteiger partial charge in [0.1, 0.15) is 0 Å². The lowest BCUT2D eigenvalue weighted by atomic mass is 9.90. The smallest absolute Gasteiger partial charge is 0.163 e. The van der Waals surface area contributed by atoms with Crippen molar-refractivity contribution in [3.63, 3.8) is 0 Å². The van der Waals surface area contributed by atoms with E-state index in [-0.39, 0.29) is 0 Å². The molecule has 134 valence electrons. The van der Waals surface area contributed by atoms with Crippen LogP contribution in [0.5, 0.6) is 11.5 Å². The van der Waals surface area contributed by atoms with Crippen molar-refractivity contribution in [2.24, 2.45) is 5.92 Å². The van der Waals surface area contributed by atoms with Crippen LogP contribution >= 0.6 is 0 Å². The van der Waals surface area contributed by atoms with E-state index >= 15 is 0 Å². The standard InChI is InChI=1S/C9H13NO.C9H12O2.C2H6/c1-10-5-4-7-2-3-8(11)6-9(7)10;1-7-5-4-6-8(10-2)9(7)11-3;1-2/h2-3,7,9H,4-6H2,1H3;4-6H,1-3H3;1-2H3. The number of benzene rings is 1. The van der Waals surface area contributed by atoms with E-state index in [1.54, 1.807) is 20.3 Å². The van der Waals surface area contributed by atoms with Crippen LogP contribution in [0.1, 0.15) is 32.3 Å². The Morgan fingerprint density at radius 2 is 1.88 bits per heavy atom. The fraction of sp³-hybridized carbons (Fsp3) is 0.550. The lowest BCUT2D eigenvalue weighted by Gasteiger charge is -2.24. The SMILES string of the molecule is CC.CN1CCC2C=CC(=O)CC21.COc1cccc(C)c1OC. The first-order valence-corrected chi connectivity index (χ1v) is 8.65. The molecule has 0 saturated carbocycles. The quantitative estimate of drug-likeness (QED) is 0.823. The molecule has 2 unspecified atom stereocenters. The summed E-state index contributed by atoms with van der Waals surface area (Å²) in [5.74, 6) is 2.54. The van der Waals surface area contributed by atoms with E-state index in [2.05, 4.69) is 18.0 Å². The molecule has 2 aliphatic rings. The van der Waals surface area contributed by atoms with Gasteiger partial charge in [-0.2, -0.15) is 0 Å². The maximum atomic E-state index is 11.0. The number of nitrogens with zero attached hydrogens (tertiary/aromatic N) is 1. The fourth-order valence-corrected chi connectivity index (χ4v) is 3.12. The molecule has 0 amide bonds. The topological polar surface area (TPSA) is 38.8 Å². The normalized spacial score (nSPS) is 21.8. The number of hydrogen-bond donors (Lipinski definition) is 0. The van der Waals surface area contributed by atoms with Gasteiger partial charge >= 0.3 is 0 Å². The Balaban J connectivity index is 0.000000218. The number of likely N-dealkylation sites (tertiary alicyclic amines) is 1. The Hall–Kier alpha value is -1.81. The number of aryl methyl sites for hydroxylation is 1. The Morgan fingerprint density at radius 1 is 1.17 bits per heavy atom. The molecule has 3 rings (SSSR count). The molecule has 0 N–H and O–H groups in total. The van der Waals surface area contributed by atoms with Gasteiger partial charge < -0.3 is 14.4 Å². The Morgan fingerprint density at radius 3 is 2.46 bits per heavy atom. The molecule has 4 nitrogen and oxygen atoms in total. The maximum absolute atomic E-state index is 11.0. The predicted molar refractivity (Wildman–Crippen MR) is 98.9 cm³/mol. The van der Waals surface area contributed by atoms with E-state index in [1.807, 2.05) is 39.0 Å². The summed E-state index contributed by atoms with van der Waals surface area (Å²) in [5, 5.41) is 0. The van der Waals surface area contributed by atoms with E-state index in [0.717, 1.165) is 30.0 Å². The first-order chi connectivity index (χ1) is 11.6. The third-order valence-corrected chi connectivity index (χ3v) is 4.41. The van der Waals surface area contributed by atoms with Crippen LogP contribution in [0.25, 0.3) is 0 Å². The van der Waals surface area contributed by atoms with Gasteiger partial charge in [-0.15, -0.1) is 0 Å². The number of carbonyl (C=O) groups excluding carboxylic acids is 1. The average Bonchev–Trinajstić information content (AvgIpc) is 2.97. The largest absolute Gasteiger partial charge is 0.493 e. The molecule has 1 aliphatic carbocycles. The minimum atomic E-state index is 0.292. The third kappa shape index (κ3) is 5.10. The highest BCUT2D eigenvalue weighted by Gasteiger charge is 2.33. The summed E-state index contributed by atoms with van der Waals surface area (Å²) >= 11 is 0. The summed E-state index contributed by atoms with van der Waals surface area (Å²) < 4.78 is 10.2. The van der Waals surface area contributed by atoms with Gasteiger partial charge in [-0.05, 0) is 50.6 Å². The van der Waals surface area contributed by atoms with Gasteiger partial charge in [0.2, 0.25) is 0 Å². The summed E-state index contributed by atoms with van der Waals surface area (Å²) in [5.41, 5.74) is 1.09. The van der Waals surface area contributed by atoms with Gasteiger partial charge in [0.05, 0.1) is 14.2 Å². The van der Waals surface area contributed by atoms with E-state index in [0.29, 0.717) is 17.7 Å². The van der Waals surface area contributed by atoms with E-state index in [1.165, 1.54) is 6.42 Å². The Labute approximate surface area is 146 Å². The summed E-state index contributed by atoms with van der Waals surface area (Å²) in [7, 11) is 5.39. The number of fused-ring (bicyclic) bond motifs is 1. The molecule has 1 aliphatic heterocycles. The zero-order valence-corrected chi connectivity index (χ0v) is 15.8. The van der Waals surface area contributed by atoms with Crippen LogP contribution in [-0.4, -0.2) is 44.5 Å². The molecule has 4 heteroatoms. The van der Waals surface area contributed by atoms with Crippen molar-refractivity contribution in [3.8, 4) is 11.5 Å². The molecular formula is C20H31NO3. The minimum Gasteiger partial charge on any atom is -0.493 e. The molecule has 1 aromatic carbocycles. The van der Waals surface area contributed by atoms with Crippen molar-refractivity contribution in [1.82, 2.24) is 4.90 Å². The van der Waals surface area contributed by atoms with Crippen LogP contribution in [0.4, 0.5) is 0 Å². The summed E-state index contributed by atoms with van der Waals surface area (Å²) in [4.78, 5) is 13.3. The highest BCUT2D eigenvalue weighted by molar-refractivity contribution is 5.91. The van der Waals surface area contributed by atoms with Crippen molar-refractivity contribution in [3.05, 3.63) is 35.9 Å². The molecular weight excluding hydrogens is 302 g/mol. The van der Waals surface area contributed by atoms with Crippen molar-refractivity contribution in [1.29, 1.82) is 0 Å². The van der Waals surface area contributed by atoms with E-state index in [9.17, 15) is 4.79 Å². The van der Waals surface area contributed by atoms with Crippen LogP contribution in [-0.2, 0) is 4.79 Å². The lowest BCUT2D eigenvalue weighted by Crippen LogP contribution is -2.32. The molecule has 1 fully saturated rings. The summed E-state index contributed by atoms with van der Waals surface area (Å²) in [6.07, 6.45) is 5.79. The van der Waals surface area contributed by atoms with Gasteiger partial charge in [0.15, 0.2) is 17.3 Å². The van der Waals surface area contributed by atoms with Crippen molar-refractivity contribution in [2.75, 3.05) is 27.8 Å². The van der Waals surface area contributed by atoms with Crippen molar-refractivity contribution < 1.29 is 14.3 Å². The maximum Gasteiger partial charge on any atom is 0.163 e. The first kappa shape index (κ1) is 20.2. The second-order valence-electron chi connectivity index (χ2n) is 5.84. The number of carbonyl (C=O) groups is 1. The van der Waals surface area contributed by atoms with Crippen LogP contribution in [0.3, 0.4) is 0 Å². The Kier molecular flexibility index (Phi) is 8.55. The average molecular weight is 333 g/mol. The van der Waals surface area contributed by atoms with E-state index < -0.39 is 0 Å². The van der Waals surface area contributed by atoms with Gasteiger partial charge in [-0.1, -0.05) is 32.1 Å². The fourth-order valence-electron chi connectivity index (χ4n) is 3.12. The number of hydrogen-bond acceptors (Lipinski definition) is 4. The lowest BCUT2D eigenvalue weighted by molar-refractivity contribution is -0.116. The molecule has 1 saturated heterocycles. The summed E-state index contributed by atoms with van der Waals surface area (Å²) in [6, 6.07) is 6.32. The van der Waals surface area contributed by atoms with Gasteiger partial charge in [0.25, 0.3) is 0 Å². The summed E-state index contributed by atoms with van der Waals surface area (Å²) in [6.45, 7) is 7.13. The van der Waals surface area contributed by atoms with Gasteiger partial charge in [-0.3, -0.25) is 4.79 Å². The highest BCUT2D eigenvalue weighted by Crippen LogP contribution is 2.30. The van der Waals surface area contributed by atoms with Crippen LogP contribution in [0.15, 0.2) is 30.4 Å². The molecule has 0 aromatic heterocycles. The number of methoxy groups -OCH3 is 2. The molecule has 0 spiro atoms. The zero-order chi connectivity index (χ0) is 18.1. The van der Waals surface area contributed by atoms with Crippen LogP contribution in [0, 0.1) is 12.8 Å². The second kappa shape index (κ2) is 10.1. The molecule has 1 aromatic rings. The molecule has 0 bridgehead atoms. The Bertz CT molecular complexity index is 554. The number of para-hydroxylation sites is 1. The third-order valence-electron chi connectivity index (χ3n) is 4.41. The van der Waals surface area contributed by atoms with Crippen molar-refractivity contribution >= 4 is 5.78 Å². The molecule has 0 radical (unpaired) electrons. The van der Waals surface area contributed by atoms with Gasteiger partial charge in [-0.25, -0.2) is 0 Å². The molecule has 2 atom stereocenters. The number of ketones is 1. The molecule has 1 heterocycles. The zero-order valence-electron chi connectivity index (χ0n) is 15.8. The number of allylic oxidation sites excluding steroid dienone is 1. The molecule has 24 heavy (non-hydrogen) atoms. The number of rotatable bonds is 2. The van der Waals surface area contributed by atoms with Gasteiger partial charge in [0, 0.05) is 12.5 Å². The monoisotopic (exact) mass is 333 g/mol. The van der Waals surface area contributed by atoms with E-state index in [4.69, 9.17) is 9.47 Å². The highest BCUT2D eigenvalue weighted by atomic mass is 16.5. The minimum absolute atomic E-state index is 0.292. The van der Waals surface area contributed by atoms with Crippen LogP contribution in [0.2, 0.25) is 0 Å². The van der Waals surface area contributed by atoms with Crippen molar-refractivity contribution in [2.45, 2.75) is 39.7 Å². The first-order valence-electron chi connectivity index (χ1n) is 8.65. The van der Waals surface area contributed by atoms with Crippen LogP contribution < -0.4 is 9.47 Å². The second-order valence-corrected chi connectivity index (χ2v) is 5.84.